The fourth-order valence-electron chi connectivity index (χ4n) is 3.66. The number of rotatable bonds is 5. The predicted molar refractivity (Wildman–Crippen MR) is 127 cm³/mol. The quantitative estimate of drug-likeness (QED) is 0.631. The largest absolute Gasteiger partial charge is 0.378 e. The van der Waals surface area contributed by atoms with Gasteiger partial charge in [0.1, 0.15) is 0 Å². The lowest BCUT2D eigenvalue weighted by molar-refractivity contribution is -0.118. The lowest BCUT2D eigenvalue weighted by Gasteiger charge is -2.28. The van der Waals surface area contributed by atoms with Crippen LogP contribution in [-0.4, -0.2) is 43.1 Å². The summed E-state index contributed by atoms with van der Waals surface area (Å²) in [5.41, 5.74) is 4.34. The van der Waals surface area contributed by atoms with Crippen molar-refractivity contribution < 1.29 is 14.3 Å². The number of fused-ring (bicyclic) bond motifs is 1. The van der Waals surface area contributed by atoms with Crippen LogP contribution in [0.3, 0.4) is 0 Å². The van der Waals surface area contributed by atoms with Crippen molar-refractivity contribution in [3.8, 4) is 0 Å². The number of aryl methyl sites for hydroxylation is 1. The summed E-state index contributed by atoms with van der Waals surface area (Å²) >= 11 is 0. The molecule has 7 heteroatoms. The van der Waals surface area contributed by atoms with E-state index in [1.807, 2.05) is 57.2 Å². The van der Waals surface area contributed by atoms with Gasteiger partial charge in [-0.05, 0) is 49.4 Å². The molecule has 0 saturated carbocycles. The van der Waals surface area contributed by atoms with Gasteiger partial charge in [0, 0.05) is 47.1 Å². The van der Waals surface area contributed by atoms with Crippen molar-refractivity contribution in [2.75, 3.05) is 41.8 Å². The maximum absolute atomic E-state index is 13.2. The molecule has 0 spiro atoms. The summed E-state index contributed by atoms with van der Waals surface area (Å²) in [5.74, 6) is -0.527. The van der Waals surface area contributed by atoms with Crippen LogP contribution in [-0.2, 0) is 9.53 Å². The molecule has 2 amide bonds. The van der Waals surface area contributed by atoms with Crippen LogP contribution in [0, 0.1) is 12.8 Å². The number of pyridine rings is 1. The Morgan fingerprint density at radius 3 is 2.38 bits per heavy atom. The summed E-state index contributed by atoms with van der Waals surface area (Å²) in [6.07, 6.45) is 0. The van der Waals surface area contributed by atoms with Crippen LogP contribution in [0.1, 0.15) is 29.9 Å². The molecule has 0 unspecified atom stereocenters. The fraction of sp³-hybridized carbons (Fsp3) is 0.320. The van der Waals surface area contributed by atoms with Gasteiger partial charge >= 0.3 is 0 Å². The second kappa shape index (κ2) is 9.36. The minimum absolute atomic E-state index is 0.109. The third-order valence-corrected chi connectivity index (χ3v) is 5.48. The first-order valence-electron chi connectivity index (χ1n) is 10.9. The van der Waals surface area contributed by atoms with Crippen molar-refractivity contribution >= 4 is 39.8 Å². The smallest absolute Gasteiger partial charge is 0.256 e. The molecule has 0 aliphatic carbocycles. The normalized spacial score (nSPS) is 13.9. The number of carbonyl (C=O) groups excluding carboxylic acids is 2. The number of benzene rings is 2. The van der Waals surface area contributed by atoms with E-state index >= 15 is 0 Å². The van der Waals surface area contributed by atoms with Gasteiger partial charge in [-0.2, -0.15) is 0 Å². The van der Waals surface area contributed by atoms with Crippen molar-refractivity contribution in [2.45, 2.75) is 20.8 Å². The molecule has 1 aliphatic heterocycles. The van der Waals surface area contributed by atoms with Crippen LogP contribution in [0.4, 0.5) is 17.1 Å². The number of carbonyl (C=O) groups is 2. The van der Waals surface area contributed by atoms with Crippen molar-refractivity contribution in [2.24, 2.45) is 5.92 Å². The zero-order chi connectivity index (χ0) is 22.7. The molecule has 32 heavy (non-hydrogen) atoms. The zero-order valence-electron chi connectivity index (χ0n) is 18.6. The van der Waals surface area contributed by atoms with Gasteiger partial charge < -0.3 is 20.3 Å². The lowest BCUT2D eigenvalue weighted by Crippen LogP contribution is -2.36. The number of morpholine rings is 1. The van der Waals surface area contributed by atoms with Crippen LogP contribution in [0.5, 0.6) is 0 Å². The van der Waals surface area contributed by atoms with E-state index in [4.69, 9.17) is 4.74 Å². The summed E-state index contributed by atoms with van der Waals surface area (Å²) < 4.78 is 5.41. The van der Waals surface area contributed by atoms with Crippen LogP contribution < -0.4 is 15.5 Å². The van der Waals surface area contributed by atoms with E-state index in [2.05, 4.69) is 20.5 Å². The number of ether oxygens (including phenoxy) is 1. The molecule has 1 aliphatic rings. The molecule has 2 heterocycles. The highest BCUT2D eigenvalue weighted by molar-refractivity contribution is 6.14. The average Bonchev–Trinajstić information content (AvgIpc) is 2.79. The number of anilines is 3. The molecule has 166 valence electrons. The molecule has 1 aromatic heterocycles. The highest BCUT2D eigenvalue weighted by Crippen LogP contribution is 2.26. The number of nitrogens with zero attached hydrogens (tertiary/aromatic N) is 2. The minimum Gasteiger partial charge on any atom is -0.378 e. The molecule has 1 saturated heterocycles. The van der Waals surface area contributed by atoms with Crippen LogP contribution >= 0.6 is 0 Å². The lowest BCUT2D eigenvalue weighted by atomic mass is 10.0. The second-order valence-corrected chi connectivity index (χ2v) is 8.29. The Kier molecular flexibility index (Phi) is 6.37. The van der Waals surface area contributed by atoms with Crippen molar-refractivity contribution in [3.63, 3.8) is 0 Å². The van der Waals surface area contributed by atoms with Crippen molar-refractivity contribution in [1.82, 2.24) is 4.98 Å². The van der Waals surface area contributed by atoms with Gasteiger partial charge in [-0.3, -0.25) is 14.6 Å². The summed E-state index contributed by atoms with van der Waals surface area (Å²) in [7, 11) is 0. The summed E-state index contributed by atoms with van der Waals surface area (Å²) in [6, 6.07) is 15.1. The van der Waals surface area contributed by atoms with E-state index < -0.39 is 0 Å². The molecule has 3 aromatic rings. The number of hydrogen-bond donors (Lipinski definition) is 2. The van der Waals surface area contributed by atoms with Crippen LogP contribution in [0.2, 0.25) is 0 Å². The fourth-order valence-corrected chi connectivity index (χ4v) is 3.66. The van der Waals surface area contributed by atoms with E-state index in [0.717, 1.165) is 43.1 Å². The first-order valence-corrected chi connectivity index (χ1v) is 10.9. The summed E-state index contributed by atoms with van der Waals surface area (Å²) in [6.45, 7) is 8.72. The molecule has 0 radical (unpaired) electrons. The molecule has 1 fully saturated rings. The third kappa shape index (κ3) is 4.89. The molecule has 2 aromatic carbocycles. The Morgan fingerprint density at radius 1 is 0.969 bits per heavy atom. The zero-order valence-corrected chi connectivity index (χ0v) is 18.6. The van der Waals surface area contributed by atoms with Gasteiger partial charge in [-0.1, -0.05) is 19.9 Å². The summed E-state index contributed by atoms with van der Waals surface area (Å²) in [4.78, 5) is 32.2. The molecule has 0 bridgehead atoms. The Hall–Kier alpha value is -3.45. The maximum Gasteiger partial charge on any atom is 0.256 e. The maximum atomic E-state index is 13.2. The van der Waals surface area contributed by atoms with Crippen molar-refractivity contribution in [3.05, 3.63) is 59.8 Å². The Bertz CT molecular complexity index is 1140. The number of hydrogen-bond acceptors (Lipinski definition) is 5. The predicted octanol–water partition coefficient (Wildman–Crippen LogP) is 4.23. The van der Waals surface area contributed by atoms with Gasteiger partial charge in [-0.25, -0.2) is 0 Å². The van der Waals surface area contributed by atoms with Gasteiger partial charge in [0.25, 0.3) is 5.91 Å². The van der Waals surface area contributed by atoms with Gasteiger partial charge in [0.2, 0.25) is 5.91 Å². The first-order chi connectivity index (χ1) is 15.4. The molecular formula is C25H28N4O3. The molecule has 4 rings (SSSR count). The molecule has 7 nitrogen and oxygen atoms in total. The van der Waals surface area contributed by atoms with Gasteiger partial charge in [0.15, 0.2) is 0 Å². The first kappa shape index (κ1) is 21.8. The highest BCUT2D eigenvalue weighted by atomic mass is 16.5. The average molecular weight is 433 g/mol. The van der Waals surface area contributed by atoms with Crippen LogP contribution in [0.15, 0.2) is 48.5 Å². The van der Waals surface area contributed by atoms with Crippen LogP contribution in [0.25, 0.3) is 10.9 Å². The summed E-state index contributed by atoms with van der Waals surface area (Å²) in [5, 5.41) is 6.59. The van der Waals surface area contributed by atoms with E-state index in [0.29, 0.717) is 22.5 Å². The molecule has 0 atom stereocenters. The topological polar surface area (TPSA) is 83.6 Å². The Balaban J connectivity index is 1.60. The van der Waals surface area contributed by atoms with E-state index in [1.54, 1.807) is 12.1 Å². The molecule has 2 N–H and O–H groups in total. The standard InChI is InChI=1S/C25H28N4O3/c1-16(2)24(30)28-19-14-22(21-9-4-17(3)26-23(21)15-19)25(31)27-18-5-7-20(8-6-18)29-10-12-32-13-11-29/h4-9,14-16H,10-13H2,1-3H3,(H,27,31)(H,28,30). The van der Waals surface area contributed by atoms with E-state index in [-0.39, 0.29) is 17.7 Å². The Morgan fingerprint density at radius 2 is 1.69 bits per heavy atom. The minimum atomic E-state index is -0.250. The van der Waals surface area contributed by atoms with Gasteiger partial charge in [0.05, 0.1) is 24.3 Å². The highest BCUT2D eigenvalue weighted by Gasteiger charge is 2.16. The Labute approximate surface area is 187 Å². The van der Waals surface area contributed by atoms with Crippen molar-refractivity contribution in [1.29, 1.82) is 0 Å². The van der Waals surface area contributed by atoms with E-state index in [1.165, 1.54) is 0 Å². The monoisotopic (exact) mass is 432 g/mol. The second-order valence-electron chi connectivity index (χ2n) is 8.29. The van der Waals surface area contributed by atoms with E-state index in [9.17, 15) is 9.59 Å². The third-order valence-electron chi connectivity index (χ3n) is 5.48. The SMILES string of the molecule is Cc1ccc2c(C(=O)Nc3ccc(N4CCOCC4)cc3)cc(NC(=O)C(C)C)cc2n1. The number of amides is 2. The number of aromatic nitrogens is 1. The molecular weight excluding hydrogens is 404 g/mol. The van der Waals surface area contributed by atoms with Gasteiger partial charge in [-0.15, -0.1) is 0 Å². The number of nitrogens with one attached hydrogen (secondary N) is 2.